The molecule has 0 radical (unpaired) electrons. The topological polar surface area (TPSA) is 51.8 Å². The number of thioether (sulfide) groups is 1. The molecule has 88 valence electrons. The van der Waals surface area contributed by atoms with Crippen LogP contribution in [0.4, 0.5) is 5.82 Å². The molecule has 0 aliphatic heterocycles. The van der Waals surface area contributed by atoms with Gasteiger partial charge < -0.3 is 5.73 Å². The number of hydrogen-bond donors (Lipinski definition) is 1. The van der Waals surface area contributed by atoms with Gasteiger partial charge in [0, 0.05) is 17.0 Å². The van der Waals surface area contributed by atoms with Gasteiger partial charge in [0.1, 0.15) is 5.82 Å². The van der Waals surface area contributed by atoms with Gasteiger partial charge in [-0.05, 0) is 19.4 Å². The molecule has 4 heteroatoms. The summed E-state index contributed by atoms with van der Waals surface area (Å²) in [5.41, 5.74) is 7.88. The van der Waals surface area contributed by atoms with Gasteiger partial charge in [0.05, 0.1) is 0 Å². The molecule has 0 amide bonds. The van der Waals surface area contributed by atoms with Crippen LogP contribution in [0, 0.1) is 6.92 Å². The van der Waals surface area contributed by atoms with Gasteiger partial charge >= 0.3 is 0 Å². The minimum atomic E-state index is 0.317. The van der Waals surface area contributed by atoms with Crippen LogP contribution in [0.25, 0.3) is 0 Å². The first kappa shape index (κ1) is 11.9. The normalized spacial score (nSPS) is 12.4. The first-order valence-corrected chi connectivity index (χ1v) is 6.36. The lowest BCUT2D eigenvalue weighted by molar-refractivity contribution is 0.929. The fraction of sp³-hybridized carbons (Fsp3) is 0.231. The van der Waals surface area contributed by atoms with Crippen molar-refractivity contribution in [2.24, 2.45) is 0 Å². The number of benzene rings is 1. The van der Waals surface area contributed by atoms with Gasteiger partial charge in [0.2, 0.25) is 0 Å². The maximum absolute atomic E-state index is 5.71. The van der Waals surface area contributed by atoms with E-state index < -0.39 is 0 Å². The fourth-order valence-electron chi connectivity index (χ4n) is 1.57. The average Bonchev–Trinajstić information content (AvgIpc) is 2.28. The molecule has 0 bridgehead atoms. The van der Waals surface area contributed by atoms with E-state index in [9.17, 15) is 0 Å². The largest absolute Gasteiger partial charge is 0.384 e. The van der Waals surface area contributed by atoms with Crippen molar-refractivity contribution < 1.29 is 0 Å². The Bertz CT molecular complexity index is 479. The van der Waals surface area contributed by atoms with Crippen LogP contribution in [0.1, 0.15) is 23.4 Å². The zero-order chi connectivity index (χ0) is 12.3. The molecule has 0 aliphatic carbocycles. The van der Waals surface area contributed by atoms with E-state index >= 15 is 0 Å². The van der Waals surface area contributed by atoms with Crippen molar-refractivity contribution in [1.29, 1.82) is 0 Å². The molecule has 0 fully saturated rings. The van der Waals surface area contributed by atoms with Crippen LogP contribution in [-0.4, -0.2) is 9.97 Å². The van der Waals surface area contributed by atoms with E-state index in [1.54, 1.807) is 17.8 Å². The molecule has 0 saturated carbocycles. The highest BCUT2D eigenvalue weighted by molar-refractivity contribution is 7.99. The molecule has 1 heterocycles. The monoisotopic (exact) mass is 245 g/mol. The van der Waals surface area contributed by atoms with Crippen LogP contribution in [0.2, 0.25) is 0 Å². The molecule has 2 aromatic rings. The van der Waals surface area contributed by atoms with Crippen molar-refractivity contribution >= 4 is 17.6 Å². The standard InChI is InChI=1S/C13H15N3S/c1-9-8-12(14)16-13(15-9)17-10(2)11-6-4-3-5-7-11/h3-8,10H,1-2H3,(H2,14,15,16). The Balaban J connectivity index is 2.16. The summed E-state index contributed by atoms with van der Waals surface area (Å²) in [6.07, 6.45) is 0. The second kappa shape index (κ2) is 5.19. The SMILES string of the molecule is Cc1cc(N)nc(SC(C)c2ccccc2)n1. The third-order valence-corrected chi connectivity index (χ3v) is 3.42. The second-order valence-electron chi connectivity index (χ2n) is 3.89. The van der Waals surface area contributed by atoms with E-state index in [-0.39, 0.29) is 0 Å². The minimum absolute atomic E-state index is 0.317. The fourth-order valence-corrected chi connectivity index (χ4v) is 2.53. The van der Waals surface area contributed by atoms with Crippen LogP contribution < -0.4 is 5.73 Å². The number of anilines is 1. The Kier molecular flexibility index (Phi) is 3.64. The maximum atomic E-state index is 5.71. The highest BCUT2D eigenvalue weighted by Gasteiger charge is 2.09. The summed E-state index contributed by atoms with van der Waals surface area (Å²) in [6.45, 7) is 4.07. The number of rotatable bonds is 3. The number of aryl methyl sites for hydroxylation is 1. The van der Waals surface area contributed by atoms with Gasteiger partial charge in [-0.1, -0.05) is 42.1 Å². The van der Waals surface area contributed by atoms with E-state index in [4.69, 9.17) is 5.73 Å². The average molecular weight is 245 g/mol. The van der Waals surface area contributed by atoms with E-state index in [0.29, 0.717) is 11.1 Å². The molecular formula is C13H15N3S. The van der Waals surface area contributed by atoms with Crippen LogP contribution in [0.15, 0.2) is 41.6 Å². The molecule has 1 aromatic carbocycles. The van der Waals surface area contributed by atoms with Crippen LogP contribution in [-0.2, 0) is 0 Å². The van der Waals surface area contributed by atoms with Crippen molar-refractivity contribution in [2.45, 2.75) is 24.3 Å². The first-order valence-electron chi connectivity index (χ1n) is 5.48. The predicted octanol–water partition coefficient (Wildman–Crippen LogP) is 3.22. The zero-order valence-electron chi connectivity index (χ0n) is 9.92. The van der Waals surface area contributed by atoms with Gasteiger partial charge in [-0.2, -0.15) is 0 Å². The Morgan fingerprint density at radius 2 is 1.88 bits per heavy atom. The van der Waals surface area contributed by atoms with Gasteiger partial charge in [-0.25, -0.2) is 9.97 Å². The first-order chi connectivity index (χ1) is 8.15. The van der Waals surface area contributed by atoms with Gasteiger partial charge in [-0.15, -0.1) is 0 Å². The molecule has 1 aromatic heterocycles. The number of aromatic nitrogens is 2. The smallest absolute Gasteiger partial charge is 0.190 e. The summed E-state index contributed by atoms with van der Waals surface area (Å²) in [7, 11) is 0. The molecule has 2 N–H and O–H groups in total. The lowest BCUT2D eigenvalue weighted by Gasteiger charge is -2.10. The maximum Gasteiger partial charge on any atom is 0.190 e. The highest BCUT2D eigenvalue weighted by Crippen LogP contribution is 2.32. The Labute approximate surface area is 105 Å². The van der Waals surface area contributed by atoms with E-state index in [1.165, 1.54) is 5.56 Å². The van der Waals surface area contributed by atoms with Crippen LogP contribution >= 0.6 is 11.8 Å². The van der Waals surface area contributed by atoms with Gasteiger partial charge in [0.25, 0.3) is 0 Å². The molecule has 3 nitrogen and oxygen atoms in total. The van der Waals surface area contributed by atoms with Crippen molar-refractivity contribution in [3.8, 4) is 0 Å². The molecule has 1 atom stereocenters. The van der Waals surface area contributed by atoms with Gasteiger partial charge in [0.15, 0.2) is 5.16 Å². The number of nitrogen functional groups attached to an aromatic ring is 1. The molecule has 1 unspecified atom stereocenters. The molecule has 0 saturated heterocycles. The number of hydrogen-bond acceptors (Lipinski definition) is 4. The van der Waals surface area contributed by atoms with Crippen LogP contribution in [0.5, 0.6) is 0 Å². The number of nitrogens with zero attached hydrogens (tertiary/aromatic N) is 2. The van der Waals surface area contributed by atoms with Gasteiger partial charge in [-0.3, -0.25) is 0 Å². The summed E-state index contributed by atoms with van der Waals surface area (Å²) < 4.78 is 0. The zero-order valence-corrected chi connectivity index (χ0v) is 10.7. The summed E-state index contributed by atoms with van der Waals surface area (Å²) in [5, 5.41) is 1.05. The Hall–Kier alpha value is -1.55. The molecule has 2 rings (SSSR count). The van der Waals surface area contributed by atoms with Crippen molar-refractivity contribution in [3.63, 3.8) is 0 Å². The summed E-state index contributed by atoms with van der Waals surface area (Å²) >= 11 is 1.62. The third kappa shape index (κ3) is 3.20. The van der Waals surface area contributed by atoms with Crippen molar-refractivity contribution in [1.82, 2.24) is 9.97 Å². The summed E-state index contributed by atoms with van der Waals surface area (Å²) in [5.74, 6) is 0.528. The predicted molar refractivity (Wildman–Crippen MR) is 71.9 cm³/mol. The van der Waals surface area contributed by atoms with E-state index in [0.717, 1.165) is 10.9 Å². The van der Waals surface area contributed by atoms with Crippen molar-refractivity contribution in [3.05, 3.63) is 47.7 Å². The summed E-state index contributed by atoms with van der Waals surface area (Å²) in [4.78, 5) is 8.60. The van der Waals surface area contributed by atoms with Crippen LogP contribution in [0.3, 0.4) is 0 Å². The molecule has 0 spiro atoms. The van der Waals surface area contributed by atoms with E-state index in [1.807, 2.05) is 25.1 Å². The second-order valence-corrected chi connectivity index (χ2v) is 5.20. The Morgan fingerprint density at radius 1 is 1.18 bits per heavy atom. The summed E-state index contributed by atoms with van der Waals surface area (Å²) in [6, 6.07) is 12.1. The Morgan fingerprint density at radius 3 is 2.53 bits per heavy atom. The highest BCUT2D eigenvalue weighted by atomic mass is 32.2. The minimum Gasteiger partial charge on any atom is -0.384 e. The molecule has 0 aliphatic rings. The molecular weight excluding hydrogens is 230 g/mol. The quantitative estimate of drug-likeness (QED) is 0.666. The lowest BCUT2D eigenvalue weighted by Crippen LogP contribution is -1.98. The third-order valence-electron chi connectivity index (χ3n) is 2.40. The van der Waals surface area contributed by atoms with Crippen molar-refractivity contribution in [2.75, 3.05) is 5.73 Å². The van der Waals surface area contributed by atoms with E-state index in [2.05, 4.69) is 29.0 Å². The lowest BCUT2D eigenvalue weighted by atomic mass is 10.2. The molecule has 17 heavy (non-hydrogen) atoms. The number of nitrogens with two attached hydrogens (primary N) is 1.